The van der Waals surface area contributed by atoms with Crippen LogP contribution in [0.25, 0.3) is 0 Å². The van der Waals surface area contributed by atoms with Gasteiger partial charge >= 0.3 is 5.97 Å². The number of hydrogen-bond donors (Lipinski definition) is 2. The molecule has 7 nitrogen and oxygen atoms in total. The summed E-state index contributed by atoms with van der Waals surface area (Å²) in [5, 5.41) is 14.0. The molecule has 116 valence electrons. The molecule has 0 fully saturated rings. The number of nitrogens with two attached hydrogens (primary N) is 1. The van der Waals surface area contributed by atoms with Crippen LogP contribution in [0.4, 0.5) is 0 Å². The molecule has 0 radical (unpaired) electrons. The molecule has 0 heterocycles. The van der Waals surface area contributed by atoms with Gasteiger partial charge in [-0.3, -0.25) is 4.79 Å². The average molecular weight is 379 g/mol. The highest BCUT2D eigenvalue weighted by Gasteiger charge is 2.26. The number of nitrogens with zero attached hydrogens (tertiary/aromatic N) is 1. The number of benzene rings is 1. The molecule has 1 unspecified atom stereocenters. The Bertz CT molecular complexity index is 702. The number of likely N-dealkylation sites (N-methyl/N-ethyl adjacent to an activating group) is 1. The van der Waals surface area contributed by atoms with Crippen molar-refractivity contribution in [2.75, 3.05) is 7.05 Å². The van der Waals surface area contributed by atoms with Gasteiger partial charge in [0.15, 0.2) is 0 Å². The van der Waals surface area contributed by atoms with Crippen LogP contribution in [0.1, 0.15) is 22.8 Å². The number of hydrogen-bond acceptors (Lipinski definition) is 4. The molecule has 0 spiro atoms. The van der Waals surface area contributed by atoms with Crippen LogP contribution < -0.4 is 5.14 Å². The first-order chi connectivity index (χ1) is 9.46. The summed E-state index contributed by atoms with van der Waals surface area (Å²) < 4.78 is 23.4. The lowest BCUT2D eigenvalue weighted by molar-refractivity contribution is -0.141. The molecule has 9 heteroatoms. The lowest BCUT2D eigenvalue weighted by atomic mass is 10.1. The first-order valence-electron chi connectivity index (χ1n) is 5.79. The van der Waals surface area contributed by atoms with Crippen molar-refractivity contribution in [2.45, 2.75) is 24.8 Å². The predicted molar refractivity (Wildman–Crippen MR) is 79.4 cm³/mol. The summed E-state index contributed by atoms with van der Waals surface area (Å²) in [7, 11) is -2.66. The molecule has 0 saturated carbocycles. The van der Waals surface area contributed by atoms with E-state index in [9.17, 15) is 18.0 Å². The number of carbonyl (C=O) groups is 2. The molecule has 1 amide bonds. The van der Waals surface area contributed by atoms with E-state index in [2.05, 4.69) is 15.9 Å². The van der Waals surface area contributed by atoms with E-state index in [1.807, 2.05) is 0 Å². The summed E-state index contributed by atoms with van der Waals surface area (Å²) >= 11 is 3.12. The van der Waals surface area contributed by atoms with Crippen molar-refractivity contribution in [3.8, 4) is 0 Å². The molecule has 1 aromatic carbocycles. The second-order valence-electron chi connectivity index (χ2n) is 4.55. The van der Waals surface area contributed by atoms with Crippen molar-refractivity contribution in [3.05, 3.63) is 27.7 Å². The number of rotatable bonds is 4. The highest BCUT2D eigenvalue weighted by atomic mass is 79.9. The van der Waals surface area contributed by atoms with Crippen LogP contribution >= 0.6 is 15.9 Å². The summed E-state index contributed by atoms with van der Waals surface area (Å²) in [6, 6.07) is 1.67. The number of carboxylic acids is 1. The van der Waals surface area contributed by atoms with Gasteiger partial charge in [0.1, 0.15) is 6.04 Å². The van der Waals surface area contributed by atoms with Crippen molar-refractivity contribution >= 4 is 37.8 Å². The van der Waals surface area contributed by atoms with Crippen LogP contribution in [0.3, 0.4) is 0 Å². The van der Waals surface area contributed by atoms with Gasteiger partial charge in [-0.05, 0) is 31.5 Å². The van der Waals surface area contributed by atoms with Gasteiger partial charge in [-0.15, -0.1) is 0 Å². The topological polar surface area (TPSA) is 118 Å². The van der Waals surface area contributed by atoms with Gasteiger partial charge in [-0.25, -0.2) is 18.4 Å². The van der Waals surface area contributed by atoms with E-state index in [1.165, 1.54) is 33.0 Å². The summed E-state index contributed by atoms with van der Waals surface area (Å²) in [4.78, 5) is 24.1. The van der Waals surface area contributed by atoms with Gasteiger partial charge in [0.25, 0.3) is 5.91 Å². The van der Waals surface area contributed by atoms with E-state index < -0.39 is 27.9 Å². The second kappa shape index (κ2) is 6.12. The van der Waals surface area contributed by atoms with Crippen molar-refractivity contribution in [3.63, 3.8) is 0 Å². The summed E-state index contributed by atoms with van der Waals surface area (Å²) in [5.41, 5.74) is 0.249. The third-order valence-corrected chi connectivity index (χ3v) is 4.62. The maximum atomic E-state index is 12.3. The Morgan fingerprint density at radius 2 is 1.90 bits per heavy atom. The zero-order valence-electron chi connectivity index (χ0n) is 11.6. The third-order valence-electron chi connectivity index (χ3n) is 3.12. The quantitative estimate of drug-likeness (QED) is 0.808. The molecular formula is C12H15BrN2O5S. The normalized spacial score (nSPS) is 12.8. The second-order valence-corrected chi connectivity index (χ2v) is 7.00. The predicted octanol–water partition coefficient (Wildman–Crippen LogP) is 0.950. The molecular weight excluding hydrogens is 364 g/mol. The average Bonchev–Trinajstić information content (AvgIpc) is 2.37. The maximum absolute atomic E-state index is 12.3. The van der Waals surface area contributed by atoms with Crippen LogP contribution in [0, 0.1) is 6.92 Å². The lowest BCUT2D eigenvalue weighted by Crippen LogP contribution is -2.40. The van der Waals surface area contributed by atoms with Crippen molar-refractivity contribution in [1.82, 2.24) is 4.90 Å². The molecule has 1 rings (SSSR count). The summed E-state index contributed by atoms with van der Waals surface area (Å²) in [6.07, 6.45) is 0. The van der Waals surface area contributed by atoms with E-state index in [0.29, 0.717) is 4.47 Å². The van der Waals surface area contributed by atoms with Gasteiger partial charge in [-0.1, -0.05) is 15.9 Å². The van der Waals surface area contributed by atoms with Gasteiger partial charge < -0.3 is 10.0 Å². The van der Waals surface area contributed by atoms with Crippen LogP contribution in [-0.4, -0.2) is 43.4 Å². The minimum atomic E-state index is -3.99. The zero-order valence-corrected chi connectivity index (χ0v) is 14.0. The Labute approximate surface area is 130 Å². The van der Waals surface area contributed by atoms with Crippen molar-refractivity contribution < 1.29 is 23.1 Å². The van der Waals surface area contributed by atoms with Gasteiger partial charge in [-0.2, -0.15) is 0 Å². The number of sulfonamides is 1. The first kappa shape index (κ1) is 17.6. The Balaban J connectivity index is 3.41. The molecule has 0 aliphatic heterocycles. The molecule has 0 aliphatic rings. The van der Waals surface area contributed by atoms with Crippen molar-refractivity contribution in [2.24, 2.45) is 5.14 Å². The largest absolute Gasteiger partial charge is 0.480 e. The van der Waals surface area contributed by atoms with Crippen LogP contribution in [0.5, 0.6) is 0 Å². The van der Waals surface area contributed by atoms with E-state index in [-0.39, 0.29) is 16.0 Å². The molecule has 0 aromatic heterocycles. The minimum Gasteiger partial charge on any atom is -0.480 e. The SMILES string of the molecule is Cc1c(C(=O)N(C)C(C)C(=O)O)cc(Br)cc1S(N)(=O)=O. The first-order valence-corrected chi connectivity index (χ1v) is 8.13. The summed E-state index contributed by atoms with van der Waals surface area (Å²) in [5.74, 6) is -1.77. The van der Waals surface area contributed by atoms with E-state index >= 15 is 0 Å². The van der Waals surface area contributed by atoms with Crippen LogP contribution in [-0.2, 0) is 14.8 Å². The van der Waals surface area contributed by atoms with E-state index in [4.69, 9.17) is 10.2 Å². The maximum Gasteiger partial charge on any atom is 0.326 e. The number of carboxylic acid groups (broad SMARTS) is 1. The van der Waals surface area contributed by atoms with Crippen LogP contribution in [0.15, 0.2) is 21.5 Å². The molecule has 21 heavy (non-hydrogen) atoms. The Kier molecular flexibility index (Phi) is 5.13. The fourth-order valence-electron chi connectivity index (χ4n) is 1.70. The number of carbonyl (C=O) groups excluding carboxylic acids is 1. The van der Waals surface area contributed by atoms with E-state index in [0.717, 1.165) is 4.90 Å². The number of primary sulfonamides is 1. The Morgan fingerprint density at radius 1 is 1.38 bits per heavy atom. The van der Waals surface area contributed by atoms with E-state index in [1.54, 1.807) is 0 Å². The smallest absolute Gasteiger partial charge is 0.326 e. The molecule has 1 atom stereocenters. The standard InChI is InChI=1S/C12H15BrN2O5S/c1-6-9(11(16)15(3)7(2)12(17)18)4-8(13)5-10(6)21(14,19)20/h4-5,7H,1-3H3,(H,17,18)(H2,14,19,20). The van der Waals surface area contributed by atoms with Crippen molar-refractivity contribution in [1.29, 1.82) is 0 Å². The highest BCUT2D eigenvalue weighted by molar-refractivity contribution is 9.10. The number of aliphatic carboxylic acids is 1. The Morgan fingerprint density at radius 3 is 2.33 bits per heavy atom. The zero-order chi connectivity index (χ0) is 16.5. The fourth-order valence-corrected chi connectivity index (χ4v) is 3.14. The van der Waals surface area contributed by atoms with Crippen LogP contribution in [0.2, 0.25) is 0 Å². The number of amides is 1. The fraction of sp³-hybridized carbons (Fsp3) is 0.333. The monoisotopic (exact) mass is 378 g/mol. The molecule has 3 N–H and O–H groups in total. The Hall–Kier alpha value is -1.45. The number of halogens is 1. The van der Waals surface area contributed by atoms with Gasteiger partial charge in [0, 0.05) is 17.1 Å². The lowest BCUT2D eigenvalue weighted by Gasteiger charge is -2.23. The molecule has 1 aromatic rings. The highest BCUT2D eigenvalue weighted by Crippen LogP contribution is 2.25. The molecule has 0 saturated heterocycles. The third kappa shape index (κ3) is 3.80. The van der Waals surface area contributed by atoms with Gasteiger partial charge in [0.05, 0.1) is 4.90 Å². The van der Waals surface area contributed by atoms with Gasteiger partial charge in [0.2, 0.25) is 10.0 Å². The molecule has 0 bridgehead atoms. The summed E-state index contributed by atoms with van der Waals surface area (Å²) in [6.45, 7) is 2.80. The minimum absolute atomic E-state index is 0.0731. The molecule has 0 aliphatic carbocycles.